The number of rotatable bonds is 3. The van der Waals surface area contributed by atoms with E-state index in [4.69, 9.17) is 19.4 Å². The Bertz CT molecular complexity index is 2090. The van der Waals surface area contributed by atoms with Crippen molar-refractivity contribution in [3.8, 4) is 45.3 Å². The van der Waals surface area contributed by atoms with Crippen LogP contribution in [-0.2, 0) is 5.41 Å². The van der Waals surface area contributed by atoms with Crippen molar-refractivity contribution in [2.75, 3.05) is 0 Å². The number of nitrogens with zero attached hydrogens (tertiary/aromatic N) is 3. The zero-order valence-corrected chi connectivity index (χ0v) is 22.2. The molecule has 5 aromatic carbocycles. The Morgan fingerprint density at radius 3 is 1.98 bits per heavy atom. The molecule has 2 aromatic heterocycles. The van der Waals surface area contributed by atoms with Crippen LogP contribution in [0.15, 0.2) is 120 Å². The van der Waals surface area contributed by atoms with Crippen molar-refractivity contribution in [2.45, 2.75) is 19.3 Å². The molecule has 0 bridgehead atoms. The van der Waals surface area contributed by atoms with Crippen LogP contribution in [0.3, 0.4) is 0 Å². The van der Waals surface area contributed by atoms with Gasteiger partial charge in [-0.1, -0.05) is 117 Å². The van der Waals surface area contributed by atoms with Crippen molar-refractivity contribution < 1.29 is 4.42 Å². The molecular weight excluding hydrogens is 490 g/mol. The third-order valence-corrected chi connectivity index (χ3v) is 8.16. The quantitative estimate of drug-likeness (QED) is 0.235. The van der Waals surface area contributed by atoms with Crippen LogP contribution in [0.25, 0.3) is 67.2 Å². The first-order valence-electron chi connectivity index (χ1n) is 13.6. The lowest BCUT2D eigenvalue weighted by molar-refractivity contribution is 0.660. The van der Waals surface area contributed by atoms with Gasteiger partial charge in [0.05, 0.1) is 5.56 Å². The average Bonchev–Trinajstić information content (AvgIpc) is 3.50. The van der Waals surface area contributed by atoms with Crippen molar-refractivity contribution in [3.05, 3.63) is 126 Å². The highest BCUT2D eigenvalue weighted by atomic mass is 16.3. The molecule has 4 nitrogen and oxygen atoms in total. The van der Waals surface area contributed by atoms with Gasteiger partial charge in [-0.25, -0.2) is 15.0 Å². The van der Waals surface area contributed by atoms with Crippen molar-refractivity contribution in [1.29, 1.82) is 0 Å². The second-order valence-corrected chi connectivity index (χ2v) is 10.9. The van der Waals surface area contributed by atoms with Gasteiger partial charge in [0.1, 0.15) is 11.2 Å². The molecule has 0 saturated heterocycles. The summed E-state index contributed by atoms with van der Waals surface area (Å²) in [4.78, 5) is 15.2. The van der Waals surface area contributed by atoms with Crippen LogP contribution in [0.2, 0.25) is 0 Å². The lowest BCUT2D eigenvalue weighted by atomic mass is 9.82. The summed E-state index contributed by atoms with van der Waals surface area (Å²) < 4.78 is 6.38. The molecule has 4 heteroatoms. The number of aromatic nitrogens is 3. The Labute approximate surface area is 232 Å². The third-order valence-electron chi connectivity index (χ3n) is 8.16. The largest absolute Gasteiger partial charge is 0.455 e. The van der Waals surface area contributed by atoms with E-state index in [2.05, 4.69) is 68.4 Å². The molecule has 7 aromatic rings. The Hall–Kier alpha value is -5.09. The van der Waals surface area contributed by atoms with Gasteiger partial charge in [0.25, 0.3) is 0 Å². The Morgan fingerprint density at radius 2 is 1.10 bits per heavy atom. The summed E-state index contributed by atoms with van der Waals surface area (Å²) in [5.41, 5.74) is 9.36. The van der Waals surface area contributed by atoms with Crippen molar-refractivity contribution in [3.63, 3.8) is 0 Å². The molecule has 0 N–H and O–H groups in total. The van der Waals surface area contributed by atoms with Gasteiger partial charge < -0.3 is 4.42 Å². The van der Waals surface area contributed by atoms with Crippen LogP contribution >= 0.6 is 0 Å². The Balaban J connectivity index is 1.42. The van der Waals surface area contributed by atoms with Gasteiger partial charge in [-0.3, -0.25) is 0 Å². The number of benzene rings is 5. The van der Waals surface area contributed by atoms with Gasteiger partial charge in [-0.15, -0.1) is 0 Å². The highest BCUT2D eigenvalue weighted by molar-refractivity contribution is 6.09. The minimum absolute atomic E-state index is 0.111. The molecule has 8 rings (SSSR count). The molecule has 0 radical (unpaired) electrons. The fourth-order valence-corrected chi connectivity index (χ4v) is 6.20. The molecule has 0 spiro atoms. The van der Waals surface area contributed by atoms with E-state index in [9.17, 15) is 0 Å². The summed E-state index contributed by atoms with van der Waals surface area (Å²) in [6.07, 6.45) is 0. The van der Waals surface area contributed by atoms with Crippen molar-refractivity contribution >= 4 is 21.9 Å². The predicted octanol–water partition coefficient (Wildman–Crippen LogP) is 9.08. The predicted molar refractivity (Wildman–Crippen MR) is 161 cm³/mol. The molecule has 2 heterocycles. The standard InChI is InChI=1S/C36H25N3O/c1-36(2)28-19-8-6-15-25(28)31-26(17-11-20-29(31)36)34-37-33(22-12-4-3-5-13-22)38-35(39-34)27-18-10-16-24-23-14-7-9-21-30(23)40-32(24)27/h3-21H,1-2H3. The van der Waals surface area contributed by atoms with Crippen molar-refractivity contribution in [1.82, 2.24) is 15.0 Å². The van der Waals surface area contributed by atoms with Crippen LogP contribution in [0.1, 0.15) is 25.0 Å². The first-order valence-corrected chi connectivity index (χ1v) is 13.6. The van der Waals surface area contributed by atoms with E-state index in [0.29, 0.717) is 17.5 Å². The van der Waals surface area contributed by atoms with Crippen LogP contribution in [0, 0.1) is 0 Å². The molecule has 190 valence electrons. The Morgan fingerprint density at radius 1 is 0.500 bits per heavy atom. The van der Waals surface area contributed by atoms with E-state index in [-0.39, 0.29) is 5.41 Å². The van der Waals surface area contributed by atoms with Crippen LogP contribution in [0.5, 0.6) is 0 Å². The second kappa shape index (κ2) is 8.45. The van der Waals surface area contributed by atoms with Crippen LogP contribution in [0.4, 0.5) is 0 Å². The summed E-state index contributed by atoms with van der Waals surface area (Å²) in [6, 6.07) is 39.5. The van der Waals surface area contributed by atoms with E-state index in [0.717, 1.165) is 38.6 Å². The average molecular weight is 516 g/mol. The molecule has 0 atom stereocenters. The minimum atomic E-state index is -0.111. The number of para-hydroxylation sites is 2. The van der Waals surface area contributed by atoms with E-state index in [1.54, 1.807) is 0 Å². The van der Waals surface area contributed by atoms with Gasteiger partial charge in [0.2, 0.25) is 0 Å². The van der Waals surface area contributed by atoms with Gasteiger partial charge in [0, 0.05) is 27.3 Å². The maximum Gasteiger partial charge on any atom is 0.167 e. The fraction of sp³-hybridized carbons (Fsp3) is 0.0833. The summed E-state index contributed by atoms with van der Waals surface area (Å²) in [6.45, 7) is 4.58. The molecule has 1 aliphatic rings. The molecule has 0 fully saturated rings. The van der Waals surface area contributed by atoms with Gasteiger partial charge >= 0.3 is 0 Å². The molecule has 0 unspecified atom stereocenters. The normalized spacial score (nSPS) is 13.4. The molecular formula is C36H25N3O. The lowest BCUT2D eigenvalue weighted by Gasteiger charge is -2.21. The molecule has 0 saturated carbocycles. The SMILES string of the molecule is CC1(C)c2ccccc2-c2c(-c3nc(-c4ccccc4)nc(-c4cccc5c4oc4ccccc45)n3)cccc21. The van der Waals surface area contributed by atoms with Gasteiger partial charge in [-0.2, -0.15) is 0 Å². The maximum absolute atomic E-state index is 6.38. The third kappa shape index (κ3) is 3.29. The summed E-state index contributed by atoms with van der Waals surface area (Å²) in [5, 5.41) is 2.13. The van der Waals surface area contributed by atoms with E-state index in [1.807, 2.05) is 60.7 Å². The molecule has 1 aliphatic carbocycles. The monoisotopic (exact) mass is 515 g/mol. The summed E-state index contributed by atoms with van der Waals surface area (Å²) in [5.74, 6) is 1.88. The van der Waals surface area contributed by atoms with E-state index >= 15 is 0 Å². The zero-order chi connectivity index (χ0) is 26.8. The second-order valence-electron chi connectivity index (χ2n) is 10.9. The Kier molecular flexibility index (Phi) is 4.83. The smallest absolute Gasteiger partial charge is 0.167 e. The number of furan rings is 1. The first kappa shape index (κ1) is 22.9. The number of fused-ring (bicyclic) bond motifs is 6. The van der Waals surface area contributed by atoms with Crippen LogP contribution < -0.4 is 0 Å². The molecule has 0 aliphatic heterocycles. The fourth-order valence-electron chi connectivity index (χ4n) is 6.20. The topological polar surface area (TPSA) is 51.8 Å². The lowest BCUT2D eigenvalue weighted by Crippen LogP contribution is -2.14. The molecule has 0 amide bonds. The van der Waals surface area contributed by atoms with Gasteiger partial charge in [-0.05, 0) is 34.4 Å². The maximum atomic E-state index is 6.38. The zero-order valence-electron chi connectivity index (χ0n) is 22.2. The van der Waals surface area contributed by atoms with E-state index in [1.165, 1.54) is 22.3 Å². The summed E-state index contributed by atoms with van der Waals surface area (Å²) in [7, 11) is 0. The minimum Gasteiger partial charge on any atom is -0.455 e. The highest BCUT2D eigenvalue weighted by Gasteiger charge is 2.37. The number of hydrogen-bond donors (Lipinski definition) is 0. The van der Waals surface area contributed by atoms with E-state index < -0.39 is 0 Å². The number of hydrogen-bond acceptors (Lipinski definition) is 4. The molecule has 40 heavy (non-hydrogen) atoms. The van der Waals surface area contributed by atoms with Crippen LogP contribution in [-0.4, -0.2) is 15.0 Å². The van der Waals surface area contributed by atoms with Crippen molar-refractivity contribution in [2.24, 2.45) is 0 Å². The van der Waals surface area contributed by atoms with Gasteiger partial charge in [0.15, 0.2) is 17.5 Å². The first-order chi connectivity index (χ1) is 19.6. The summed E-state index contributed by atoms with van der Waals surface area (Å²) >= 11 is 0. The highest BCUT2D eigenvalue weighted by Crippen LogP contribution is 2.51.